The van der Waals surface area contributed by atoms with Crippen LogP contribution in [0.5, 0.6) is 11.5 Å². The minimum atomic E-state index is 0.00391. The summed E-state index contributed by atoms with van der Waals surface area (Å²) in [6.07, 6.45) is 5.02. The van der Waals surface area contributed by atoms with Crippen molar-refractivity contribution in [2.24, 2.45) is 4.99 Å². The summed E-state index contributed by atoms with van der Waals surface area (Å²) in [7, 11) is 3.41. The largest absolute Gasteiger partial charge is 0.497 e. The molecule has 6 heteroatoms. The first kappa shape index (κ1) is 16.8. The SMILES string of the molecule is COc1ccc(OC)c(C2N=C(SCC3CO3)NC3=C2CCCC3)c1. The molecule has 5 nitrogen and oxygen atoms in total. The van der Waals surface area contributed by atoms with Gasteiger partial charge < -0.3 is 19.5 Å². The summed E-state index contributed by atoms with van der Waals surface area (Å²) < 4.78 is 16.4. The van der Waals surface area contributed by atoms with Crippen LogP contribution in [0.3, 0.4) is 0 Å². The fourth-order valence-electron chi connectivity index (χ4n) is 3.45. The Bertz CT molecular complexity index is 713. The van der Waals surface area contributed by atoms with Gasteiger partial charge in [0.2, 0.25) is 0 Å². The van der Waals surface area contributed by atoms with E-state index >= 15 is 0 Å². The molecule has 1 saturated heterocycles. The Kier molecular flexibility index (Phi) is 4.90. The van der Waals surface area contributed by atoms with Gasteiger partial charge in [0.15, 0.2) is 5.17 Å². The molecule has 0 amide bonds. The minimum Gasteiger partial charge on any atom is -0.497 e. The number of hydrogen-bond acceptors (Lipinski definition) is 6. The van der Waals surface area contributed by atoms with Gasteiger partial charge in [-0.1, -0.05) is 11.8 Å². The fraction of sp³-hybridized carbons (Fsp3) is 0.526. The van der Waals surface area contributed by atoms with Crippen molar-refractivity contribution < 1.29 is 14.2 Å². The van der Waals surface area contributed by atoms with Crippen LogP contribution in [0.2, 0.25) is 0 Å². The molecule has 4 rings (SSSR count). The highest BCUT2D eigenvalue weighted by molar-refractivity contribution is 8.13. The molecular formula is C19H24N2O3S. The number of hydrogen-bond donors (Lipinski definition) is 1. The van der Waals surface area contributed by atoms with Gasteiger partial charge in [0, 0.05) is 17.0 Å². The third-order valence-corrected chi connectivity index (χ3v) is 5.90. The number of rotatable bonds is 5. The molecule has 1 fully saturated rings. The number of benzene rings is 1. The van der Waals surface area contributed by atoms with E-state index in [0.29, 0.717) is 6.10 Å². The highest BCUT2D eigenvalue weighted by Crippen LogP contribution is 2.43. The summed E-state index contributed by atoms with van der Waals surface area (Å²) in [6, 6.07) is 5.97. The Morgan fingerprint density at radius 1 is 1.24 bits per heavy atom. The molecule has 0 radical (unpaired) electrons. The summed E-state index contributed by atoms with van der Waals surface area (Å²) in [5.41, 5.74) is 3.82. The van der Waals surface area contributed by atoms with Crippen LogP contribution < -0.4 is 14.8 Å². The molecule has 2 unspecified atom stereocenters. The van der Waals surface area contributed by atoms with Gasteiger partial charge in [-0.05, 0) is 49.5 Å². The molecule has 2 atom stereocenters. The molecule has 0 bridgehead atoms. The van der Waals surface area contributed by atoms with Crippen molar-refractivity contribution in [3.05, 3.63) is 35.0 Å². The van der Waals surface area contributed by atoms with Crippen LogP contribution in [0.15, 0.2) is 34.5 Å². The highest BCUT2D eigenvalue weighted by Gasteiger charge is 2.31. The Hall–Kier alpha value is -1.66. The molecule has 1 aromatic rings. The Balaban J connectivity index is 1.69. The Labute approximate surface area is 152 Å². The van der Waals surface area contributed by atoms with Gasteiger partial charge in [-0.25, -0.2) is 4.99 Å². The number of methoxy groups -OCH3 is 2. The van der Waals surface area contributed by atoms with E-state index in [-0.39, 0.29) is 6.04 Å². The first-order valence-corrected chi connectivity index (χ1v) is 9.80. The summed E-state index contributed by atoms with van der Waals surface area (Å²) in [6.45, 7) is 0.876. The molecule has 25 heavy (non-hydrogen) atoms. The van der Waals surface area contributed by atoms with Crippen LogP contribution in [-0.4, -0.2) is 37.9 Å². The van der Waals surface area contributed by atoms with Crippen molar-refractivity contribution in [1.82, 2.24) is 5.32 Å². The molecule has 0 saturated carbocycles. The third-order valence-electron chi connectivity index (χ3n) is 4.88. The maximum absolute atomic E-state index is 5.63. The second-order valence-corrected chi connectivity index (χ2v) is 7.56. The zero-order chi connectivity index (χ0) is 17.2. The van der Waals surface area contributed by atoms with E-state index in [2.05, 4.69) is 11.4 Å². The lowest BCUT2D eigenvalue weighted by Crippen LogP contribution is -2.30. The molecule has 0 aromatic heterocycles. The number of epoxide rings is 1. The zero-order valence-electron chi connectivity index (χ0n) is 14.7. The number of thioether (sulfide) groups is 1. The van der Waals surface area contributed by atoms with E-state index < -0.39 is 0 Å². The van der Waals surface area contributed by atoms with Gasteiger partial charge in [0.05, 0.1) is 26.9 Å². The zero-order valence-corrected chi connectivity index (χ0v) is 15.5. The summed E-state index contributed by atoms with van der Waals surface area (Å²) >= 11 is 1.75. The monoisotopic (exact) mass is 360 g/mol. The van der Waals surface area contributed by atoms with Gasteiger partial charge >= 0.3 is 0 Å². The van der Waals surface area contributed by atoms with Crippen LogP contribution in [0.4, 0.5) is 0 Å². The average molecular weight is 360 g/mol. The van der Waals surface area contributed by atoms with E-state index in [4.69, 9.17) is 19.2 Å². The van der Waals surface area contributed by atoms with Gasteiger partial charge in [-0.3, -0.25) is 0 Å². The van der Waals surface area contributed by atoms with Crippen molar-refractivity contribution in [2.45, 2.75) is 37.8 Å². The molecule has 2 aliphatic heterocycles. The second kappa shape index (κ2) is 7.30. The standard InChI is InChI=1S/C19H24N2O3S/c1-22-12-7-8-17(23-2)15(9-12)18-14-5-3-4-6-16(14)20-19(21-18)25-11-13-10-24-13/h7-9,13,18H,3-6,10-11H2,1-2H3,(H,20,21). The normalized spacial score (nSPS) is 25.0. The van der Waals surface area contributed by atoms with Gasteiger partial charge in [-0.2, -0.15) is 0 Å². The van der Waals surface area contributed by atoms with Crippen molar-refractivity contribution in [3.63, 3.8) is 0 Å². The van der Waals surface area contributed by atoms with Crippen LogP contribution in [0, 0.1) is 0 Å². The van der Waals surface area contributed by atoms with Gasteiger partial charge in [-0.15, -0.1) is 0 Å². The first-order valence-electron chi connectivity index (χ1n) is 8.81. The lowest BCUT2D eigenvalue weighted by molar-refractivity contribution is 0.396. The highest BCUT2D eigenvalue weighted by atomic mass is 32.2. The van der Waals surface area contributed by atoms with E-state index in [9.17, 15) is 0 Å². The van der Waals surface area contributed by atoms with E-state index in [0.717, 1.165) is 47.4 Å². The smallest absolute Gasteiger partial charge is 0.161 e. The van der Waals surface area contributed by atoms with Crippen LogP contribution in [0.25, 0.3) is 0 Å². The molecule has 1 aromatic carbocycles. The van der Waals surface area contributed by atoms with E-state index in [1.54, 1.807) is 26.0 Å². The molecule has 134 valence electrons. The molecule has 1 N–H and O–H groups in total. The number of nitrogens with zero attached hydrogens (tertiary/aromatic N) is 1. The number of allylic oxidation sites excluding steroid dienone is 1. The predicted molar refractivity (Wildman–Crippen MR) is 101 cm³/mol. The number of aliphatic imine (C=N–C) groups is 1. The van der Waals surface area contributed by atoms with E-state index in [1.807, 2.05) is 12.1 Å². The maximum Gasteiger partial charge on any atom is 0.161 e. The molecule has 2 heterocycles. The number of ether oxygens (including phenoxy) is 3. The van der Waals surface area contributed by atoms with Crippen LogP contribution >= 0.6 is 11.8 Å². The topological polar surface area (TPSA) is 55.4 Å². The summed E-state index contributed by atoms with van der Waals surface area (Å²) in [4.78, 5) is 5.04. The van der Waals surface area contributed by atoms with Crippen LogP contribution in [-0.2, 0) is 4.74 Å². The molecule has 1 aliphatic carbocycles. The van der Waals surface area contributed by atoms with Crippen molar-refractivity contribution >= 4 is 16.9 Å². The lowest BCUT2D eigenvalue weighted by Gasteiger charge is -2.32. The number of nitrogens with one attached hydrogen (secondary N) is 1. The fourth-order valence-corrected chi connectivity index (χ4v) is 4.36. The second-order valence-electron chi connectivity index (χ2n) is 6.55. The van der Waals surface area contributed by atoms with Crippen molar-refractivity contribution in [2.75, 3.05) is 26.6 Å². The minimum absolute atomic E-state index is 0.00391. The van der Waals surface area contributed by atoms with Crippen LogP contribution in [0.1, 0.15) is 37.3 Å². The lowest BCUT2D eigenvalue weighted by atomic mass is 9.86. The summed E-state index contributed by atoms with van der Waals surface area (Å²) in [5, 5.41) is 4.56. The Morgan fingerprint density at radius 2 is 2.08 bits per heavy atom. The molecule has 3 aliphatic rings. The molecular weight excluding hydrogens is 336 g/mol. The Morgan fingerprint density at radius 3 is 2.84 bits per heavy atom. The maximum atomic E-state index is 5.63. The quantitative estimate of drug-likeness (QED) is 0.812. The summed E-state index contributed by atoms with van der Waals surface area (Å²) in [5.74, 6) is 2.66. The predicted octanol–water partition coefficient (Wildman–Crippen LogP) is 3.66. The average Bonchev–Trinajstić information content (AvgIpc) is 3.49. The van der Waals surface area contributed by atoms with Gasteiger partial charge in [0.1, 0.15) is 17.5 Å². The van der Waals surface area contributed by atoms with Crippen molar-refractivity contribution in [3.8, 4) is 11.5 Å². The van der Waals surface area contributed by atoms with E-state index in [1.165, 1.54) is 24.1 Å². The van der Waals surface area contributed by atoms with Crippen molar-refractivity contribution in [1.29, 1.82) is 0 Å². The third kappa shape index (κ3) is 3.65. The first-order chi connectivity index (χ1) is 12.3. The number of amidine groups is 1. The molecule has 0 spiro atoms. The van der Waals surface area contributed by atoms with Gasteiger partial charge in [0.25, 0.3) is 0 Å².